The van der Waals surface area contributed by atoms with Gasteiger partial charge in [0, 0.05) is 12.6 Å². The van der Waals surface area contributed by atoms with Crippen molar-refractivity contribution < 1.29 is 5.11 Å². The lowest BCUT2D eigenvalue weighted by Crippen LogP contribution is -2.46. The molecular weight excluding hydrogens is 174 g/mol. The molecule has 0 aromatic carbocycles. The van der Waals surface area contributed by atoms with Crippen LogP contribution in [0.15, 0.2) is 0 Å². The van der Waals surface area contributed by atoms with E-state index in [4.69, 9.17) is 0 Å². The Morgan fingerprint density at radius 3 is 2.36 bits per heavy atom. The maximum Gasteiger partial charge on any atom is 0.0771 e. The molecule has 1 aliphatic rings. The summed E-state index contributed by atoms with van der Waals surface area (Å²) in [6.45, 7) is 6.96. The lowest BCUT2D eigenvalue weighted by molar-refractivity contribution is -0.0165. The zero-order valence-electron chi connectivity index (χ0n) is 9.84. The minimum absolute atomic E-state index is 0.463. The van der Waals surface area contributed by atoms with Crippen LogP contribution in [0.1, 0.15) is 52.9 Å². The van der Waals surface area contributed by atoms with Crippen molar-refractivity contribution in [2.75, 3.05) is 6.54 Å². The Hall–Kier alpha value is -0.0800. The zero-order valence-corrected chi connectivity index (χ0v) is 9.84. The van der Waals surface area contributed by atoms with Crippen molar-refractivity contribution in [3.05, 3.63) is 0 Å². The minimum atomic E-state index is -0.509. The van der Waals surface area contributed by atoms with Gasteiger partial charge in [0.1, 0.15) is 0 Å². The van der Waals surface area contributed by atoms with E-state index in [1.54, 1.807) is 0 Å². The molecule has 14 heavy (non-hydrogen) atoms. The Morgan fingerprint density at radius 1 is 1.29 bits per heavy atom. The van der Waals surface area contributed by atoms with Crippen LogP contribution in [0.2, 0.25) is 0 Å². The molecule has 1 unspecified atom stereocenters. The molecule has 2 heteroatoms. The van der Waals surface area contributed by atoms with Crippen LogP contribution in [0.3, 0.4) is 0 Å². The second-order valence-corrected chi connectivity index (χ2v) is 5.23. The fourth-order valence-electron chi connectivity index (χ4n) is 2.28. The third-order valence-corrected chi connectivity index (χ3v) is 3.35. The molecule has 84 valence electrons. The first-order valence-corrected chi connectivity index (χ1v) is 5.98. The summed E-state index contributed by atoms with van der Waals surface area (Å²) in [6.07, 6.45) is 6.34. The highest BCUT2D eigenvalue weighted by atomic mass is 16.3. The summed E-state index contributed by atoms with van der Waals surface area (Å²) in [5, 5.41) is 13.7. The summed E-state index contributed by atoms with van der Waals surface area (Å²) < 4.78 is 0. The van der Waals surface area contributed by atoms with Crippen molar-refractivity contribution in [1.82, 2.24) is 5.32 Å². The average Bonchev–Trinajstić information content (AvgIpc) is 2.16. The first-order valence-electron chi connectivity index (χ1n) is 5.98. The standard InChI is InChI=1S/C12H25NO/c1-10(2)13-9-12(3,14)11-7-5-4-6-8-11/h10-11,13-14H,4-9H2,1-3H3. The molecule has 1 atom stereocenters. The van der Waals surface area contributed by atoms with Gasteiger partial charge in [-0.3, -0.25) is 0 Å². The van der Waals surface area contributed by atoms with Crippen LogP contribution in [0.4, 0.5) is 0 Å². The van der Waals surface area contributed by atoms with Gasteiger partial charge in [-0.15, -0.1) is 0 Å². The molecule has 1 saturated carbocycles. The summed E-state index contributed by atoms with van der Waals surface area (Å²) in [5.74, 6) is 0.502. The van der Waals surface area contributed by atoms with E-state index in [1.807, 2.05) is 6.92 Å². The van der Waals surface area contributed by atoms with Crippen LogP contribution in [-0.4, -0.2) is 23.3 Å². The number of nitrogens with one attached hydrogen (secondary N) is 1. The summed E-state index contributed by atoms with van der Waals surface area (Å²) in [4.78, 5) is 0. The molecule has 0 saturated heterocycles. The second kappa shape index (κ2) is 5.13. The van der Waals surface area contributed by atoms with Crippen molar-refractivity contribution in [3.63, 3.8) is 0 Å². The quantitative estimate of drug-likeness (QED) is 0.728. The van der Waals surface area contributed by atoms with Gasteiger partial charge in [-0.2, -0.15) is 0 Å². The van der Waals surface area contributed by atoms with Gasteiger partial charge >= 0.3 is 0 Å². The fraction of sp³-hybridized carbons (Fsp3) is 1.00. The maximum atomic E-state index is 10.3. The van der Waals surface area contributed by atoms with Crippen LogP contribution in [0.5, 0.6) is 0 Å². The van der Waals surface area contributed by atoms with Crippen molar-refractivity contribution in [1.29, 1.82) is 0 Å². The Morgan fingerprint density at radius 2 is 1.86 bits per heavy atom. The van der Waals surface area contributed by atoms with E-state index in [2.05, 4.69) is 19.2 Å². The highest BCUT2D eigenvalue weighted by Crippen LogP contribution is 2.32. The molecule has 0 heterocycles. The van der Waals surface area contributed by atoms with Crippen LogP contribution in [0.25, 0.3) is 0 Å². The van der Waals surface area contributed by atoms with Crippen molar-refractivity contribution >= 4 is 0 Å². The first kappa shape index (κ1) is 12.0. The zero-order chi connectivity index (χ0) is 10.6. The molecule has 0 amide bonds. The first-order chi connectivity index (χ1) is 6.52. The van der Waals surface area contributed by atoms with Gasteiger partial charge in [-0.25, -0.2) is 0 Å². The topological polar surface area (TPSA) is 32.3 Å². The number of hydrogen-bond acceptors (Lipinski definition) is 2. The van der Waals surface area contributed by atoms with Gasteiger partial charge < -0.3 is 10.4 Å². The summed E-state index contributed by atoms with van der Waals surface area (Å²) in [7, 11) is 0. The molecule has 2 nitrogen and oxygen atoms in total. The largest absolute Gasteiger partial charge is 0.389 e. The van der Waals surface area contributed by atoms with Gasteiger partial charge in [0.05, 0.1) is 5.60 Å². The Bertz CT molecular complexity index is 160. The van der Waals surface area contributed by atoms with Gasteiger partial charge in [-0.05, 0) is 25.7 Å². The van der Waals surface area contributed by atoms with E-state index in [0.29, 0.717) is 12.0 Å². The second-order valence-electron chi connectivity index (χ2n) is 5.23. The van der Waals surface area contributed by atoms with Crippen molar-refractivity contribution in [2.45, 2.75) is 64.5 Å². The summed E-state index contributed by atoms with van der Waals surface area (Å²) >= 11 is 0. The fourth-order valence-corrected chi connectivity index (χ4v) is 2.28. The van der Waals surface area contributed by atoms with Gasteiger partial charge in [0.25, 0.3) is 0 Å². The Kier molecular flexibility index (Phi) is 4.39. The number of aliphatic hydroxyl groups is 1. The predicted octanol–water partition coefficient (Wildman–Crippen LogP) is 2.32. The Labute approximate surface area is 88.1 Å². The molecule has 1 aliphatic carbocycles. The van der Waals surface area contributed by atoms with E-state index >= 15 is 0 Å². The van der Waals surface area contributed by atoms with Crippen LogP contribution >= 0.6 is 0 Å². The molecule has 0 radical (unpaired) electrons. The molecule has 1 rings (SSSR count). The lowest BCUT2D eigenvalue weighted by atomic mass is 9.78. The SMILES string of the molecule is CC(C)NCC(C)(O)C1CCCCC1. The van der Waals surface area contributed by atoms with Crippen molar-refractivity contribution in [3.8, 4) is 0 Å². The summed E-state index contributed by atoms with van der Waals surface area (Å²) in [5.41, 5.74) is -0.509. The molecule has 0 spiro atoms. The van der Waals surface area contributed by atoms with Gasteiger partial charge in [0.15, 0.2) is 0 Å². The highest BCUT2D eigenvalue weighted by molar-refractivity contribution is 4.86. The molecule has 0 aliphatic heterocycles. The average molecular weight is 199 g/mol. The molecular formula is C12H25NO. The number of hydrogen-bond donors (Lipinski definition) is 2. The van der Waals surface area contributed by atoms with E-state index in [1.165, 1.54) is 32.1 Å². The smallest absolute Gasteiger partial charge is 0.0771 e. The van der Waals surface area contributed by atoms with Gasteiger partial charge in [0.2, 0.25) is 0 Å². The van der Waals surface area contributed by atoms with E-state index < -0.39 is 5.60 Å². The minimum Gasteiger partial charge on any atom is -0.389 e. The molecule has 0 aromatic heterocycles. The number of rotatable bonds is 4. The predicted molar refractivity (Wildman–Crippen MR) is 60.3 cm³/mol. The highest BCUT2D eigenvalue weighted by Gasteiger charge is 2.32. The third-order valence-electron chi connectivity index (χ3n) is 3.35. The molecule has 0 aromatic rings. The van der Waals surface area contributed by atoms with Crippen molar-refractivity contribution in [2.24, 2.45) is 5.92 Å². The Balaban J connectivity index is 2.37. The molecule has 1 fully saturated rings. The third kappa shape index (κ3) is 3.58. The summed E-state index contributed by atoms with van der Waals surface area (Å²) in [6, 6.07) is 0.463. The van der Waals surface area contributed by atoms with E-state index in [9.17, 15) is 5.11 Å². The normalized spacial score (nSPS) is 23.8. The van der Waals surface area contributed by atoms with Gasteiger partial charge in [-0.1, -0.05) is 33.1 Å². The monoisotopic (exact) mass is 199 g/mol. The van der Waals surface area contributed by atoms with Crippen LogP contribution in [-0.2, 0) is 0 Å². The molecule has 0 bridgehead atoms. The van der Waals surface area contributed by atoms with E-state index in [0.717, 1.165) is 6.54 Å². The van der Waals surface area contributed by atoms with E-state index in [-0.39, 0.29) is 0 Å². The van der Waals surface area contributed by atoms with Crippen LogP contribution in [0, 0.1) is 5.92 Å². The lowest BCUT2D eigenvalue weighted by Gasteiger charge is -2.36. The maximum absolute atomic E-state index is 10.3. The molecule has 2 N–H and O–H groups in total. The van der Waals surface area contributed by atoms with Crippen LogP contribution < -0.4 is 5.32 Å².